The van der Waals surface area contributed by atoms with Crippen LogP contribution in [0.15, 0.2) is 0 Å². The van der Waals surface area contributed by atoms with Gasteiger partial charge < -0.3 is 6.42 Å². The van der Waals surface area contributed by atoms with Crippen molar-refractivity contribution in [2.75, 3.05) is 0 Å². The maximum absolute atomic E-state index is 6.55. The summed E-state index contributed by atoms with van der Waals surface area (Å²) in [6, 6.07) is 0. The monoisotopic (exact) mass is 518 g/mol. The van der Waals surface area contributed by atoms with E-state index in [-0.39, 0.29) is 0 Å². The van der Waals surface area contributed by atoms with Gasteiger partial charge >= 0.3 is 0 Å². The van der Waals surface area contributed by atoms with Crippen LogP contribution in [0.25, 0.3) is 0 Å². The standard InChI is InChI=1S/C43H2/c1-3-5-7-9-11-13-15-17-19-21-23-25-27-29-31-33-35-37-39-41-43-42-40-38-36-34-32-30-28-26-24-22-20-18-16-14-12-10-8-6-4-2/h1H2/q-2. The molecule has 43 heavy (non-hydrogen) atoms. The Labute approximate surface area is 255 Å². The maximum Gasteiger partial charge on any atom is 0 e. The predicted octanol–water partition coefficient (Wildman–Crippen LogP) is 0.478. The highest BCUT2D eigenvalue weighted by Gasteiger charge is 1.60. The van der Waals surface area contributed by atoms with Gasteiger partial charge in [0.05, 0.1) is 0 Å². The van der Waals surface area contributed by atoms with E-state index in [0.29, 0.717) is 0 Å². The van der Waals surface area contributed by atoms with E-state index < -0.39 is 0 Å². The average molecular weight is 518 g/mol. The van der Waals surface area contributed by atoms with Gasteiger partial charge in [0.25, 0.3) is 0 Å². The molecule has 0 N–H and O–H groups in total. The molecule has 0 bridgehead atoms. The molecule has 0 unspecified atom stereocenters. The Hall–Kier alpha value is -9.37. The predicted molar refractivity (Wildman–Crippen MR) is 168 cm³/mol. The third kappa shape index (κ3) is 32.6. The molecular formula is C43H2-2. The second-order valence-electron chi connectivity index (χ2n) is 5.18. The molecule has 0 amide bonds. The molecule has 0 aromatic heterocycles. The topological polar surface area (TPSA) is 0 Å². The Kier molecular flexibility index (Phi) is 25.5. The Balaban J connectivity index is 4.53. The molecule has 0 spiro atoms. The highest BCUT2D eigenvalue weighted by molar-refractivity contribution is 5.50. The summed E-state index contributed by atoms with van der Waals surface area (Å²) < 4.78 is 0. The minimum Gasteiger partial charge on any atom is -0.358 e. The Morgan fingerprint density at radius 1 is 0.186 bits per heavy atom. The largest absolute Gasteiger partial charge is 0.358 e. The van der Waals surface area contributed by atoms with Gasteiger partial charge in [0, 0.05) is 112 Å². The SMILES string of the molecule is [C-]#CC#CC#CC#CC#CC#CC#CC#CC#CC#CC#CC#CC#CC#CC#CC#CC#CC#CC#CC#CC#C[CH2-]. The minimum absolute atomic E-state index is 1.87. The summed E-state index contributed by atoms with van der Waals surface area (Å²) >= 11 is 0. The van der Waals surface area contributed by atoms with Gasteiger partial charge in [0.1, 0.15) is 0 Å². The molecule has 0 heterocycles. The molecule has 0 aromatic rings. The molecule has 0 aliphatic carbocycles. The molecule has 0 radical (unpaired) electrons. The molecule has 0 aliphatic rings. The lowest BCUT2D eigenvalue weighted by molar-refractivity contribution is 2.31. The van der Waals surface area contributed by atoms with Gasteiger partial charge in [0.2, 0.25) is 0 Å². The van der Waals surface area contributed by atoms with Crippen LogP contribution in [0.1, 0.15) is 0 Å². The second kappa shape index (κ2) is 32.6. The van der Waals surface area contributed by atoms with Crippen LogP contribution in [0.5, 0.6) is 0 Å². The van der Waals surface area contributed by atoms with Crippen molar-refractivity contribution < 1.29 is 0 Å². The van der Waals surface area contributed by atoms with E-state index in [1.807, 2.05) is 5.92 Å². The van der Waals surface area contributed by atoms with E-state index in [0.717, 1.165) is 0 Å². The molecule has 0 atom stereocenters. The van der Waals surface area contributed by atoms with Crippen molar-refractivity contribution in [3.05, 3.63) is 13.3 Å². The van der Waals surface area contributed by atoms with Crippen molar-refractivity contribution in [1.29, 1.82) is 0 Å². The summed E-state index contributed by atoms with van der Waals surface area (Å²) in [6.07, 6.45) is 6.55. The Morgan fingerprint density at radius 3 is 0.419 bits per heavy atom. The number of hydrogen-bond donors (Lipinski definition) is 0. The van der Waals surface area contributed by atoms with E-state index >= 15 is 0 Å². The van der Waals surface area contributed by atoms with Crippen molar-refractivity contribution in [3.8, 4) is 243 Å². The van der Waals surface area contributed by atoms with Crippen LogP contribution in [-0.2, 0) is 0 Å². The molecule has 0 aliphatic heterocycles. The number of hydrogen-bond acceptors (Lipinski definition) is 0. The van der Waals surface area contributed by atoms with Crippen LogP contribution in [0, 0.1) is 256 Å². The lowest BCUT2D eigenvalue weighted by Crippen LogP contribution is -1.57. The summed E-state index contributed by atoms with van der Waals surface area (Å²) in [5, 5.41) is 0. The molecule has 0 saturated heterocycles. The minimum atomic E-state index is 1.87. The van der Waals surface area contributed by atoms with E-state index in [1.54, 1.807) is 0 Å². The van der Waals surface area contributed by atoms with Crippen molar-refractivity contribution in [2.24, 2.45) is 0 Å². The number of rotatable bonds is 0. The lowest BCUT2D eigenvalue weighted by Gasteiger charge is -1.64. The van der Waals surface area contributed by atoms with Gasteiger partial charge in [-0.25, -0.2) is 11.8 Å². The first-order valence-electron chi connectivity index (χ1n) is 10.6. The normalized spacial score (nSPS) is 3.88. The first-order chi connectivity index (χ1) is 21.4. The van der Waals surface area contributed by atoms with Crippen molar-refractivity contribution in [2.45, 2.75) is 0 Å². The molecule has 0 aromatic carbocycles. The van der Waals surface area contributed by atoms with Crippen molar-refractivity contribution in [1.82, 2.24) is 0 Å². The van der Waals surface area contributed by atoms with Crippen LogP contribution in [0.4, 0.5) is 0 Å². The van der Waals surface area contributed by atoms with E-state index in [2.05, 4.69) is 244 Å². The highest BCUT2D eigenvalue weighted by Crippen LogP contribution is 1.61. The molecular weight excluding hydrogens is 516 g/mol. The molecule has 0 saturated carbocycles. The van der Waals surface area contributed by atoms with Gasteiger partial charge in [-0.1, -0.05) is 0 Å². The molecule has 176 valence electrons. The Bertz CT molecular complexity index is 2510. The summed E-state index contributed by atoms with van der Waals surface area (Å²) in [4.78, 5) is 0. The van der Waals surface area contributed by atoms with Crippen molar-refractivity contribution >= 4 is 0 Å². The van der Waals surface area contributed by atoms with Crippen LogP contribution in [0.3, 0.4) is 0 Å². The third-order valence-corrected chi connectivity index (χ3v) is 2.53. The van der Waals surface area contributed by atoms with Gasteiger partial charge in [-0.15, -0.1) is 11.8 Å². The zero-order valence-corrected chi connectivity index (χ0v) is 21.7. The zero-order valence-electron chi connectivity index (χ0n) is 21.7. The van der Waals surface area contributed by atoms with Crippen molar-refractivity contribution in [3.63, 3.8) is 0 Å². The smallest absolute Gasteiger partial charge is 0 e. The summed E-state index contributed by atoms with van der Waals surface area (Å²) in [7, 11) is 0. The Morgan fingerprint density at radius 2 is 0.302 bits per heavy atom. The molecule has 0 fully saturated rings. The summed E-state index contributed by atoms with van der Waals surface area (Å²) in [6.45, 7) is 3.31. The highest BCUT2D eigenvalue weighted by atomic mass is 13.6. The zero-order chi connectivity index (χ0) is 31.0. The fourth-order valence-electron chi connectivity index (χ4n) is 1.23. The van der Waals surface area contributed by atoms with Gasteiger partial charge in [0.15, 0.2) is 0 Å². The molecule has 0 nitrogen and oxygen atoms in total. The molecule has 0 heteroatoms. The first-order valence-corrected chi connectivity index (χ1v) is 10.6. The van der Waals surface area contributed by atoms with E-state index in [9.17, 15) is 0 Å². The van der Waals surface area contributed by atoms with Gasteiger partial charge in [-0.2, -0.15) is 6.92 Å². The van der Waals surface area contributed by atoms with Crippen LogP contribution in [-0.4, -0.2) is 0 Å². The quantitative estimate of drug-likeness (QED) is 0.324. The second-order valence-corrected chi connectivity index (χ2v) is 5.18. The lowest BCUT2D eigenvalue weighted by atomic mass is 10.4. The summed E-state index contributed by atoms with van der Waals surface area (Å²) in [5.74, 6) is 101. The first kappa shape index (κ1) is 33.6. The van der Waals surface area contributed by atoms with Crippen LogP contribution < -0.4 is 0 Å². The maximum atomic E-state index is 6.55. The van der Waals surface area contributed by atoms with Gasteiger partial charge in [-0.3, -0.25) is 11.8 Å². The fourth-order valence-corrected chi connectivity index (χ4v) is 1.23. The van der Waals surface area contributed by atoms with E-state index in [4.69, 9.17) is 6.42 Å². The average Bonchev–Trinajstić information content (AvgIpc) is 3.02. The summed E-state index contributed by atoms with van der Waals surface area (Å²) in [5.41, 5.74) is 0. The molecule has 0 rings (SSSR count). The van der Waals surface area contributed by atoms with Crippen LogP contribution in [0.2, 0.25) is 0 Å². The fraction of sp³-hybridized carbons (Fsp3) is 0. The third-order valence-electron chi connectivity index (χ3n) is 2.53. The van der Waals surface area contributed by atoms with E-state index in [1.165, 1.54) is 0 Å². The van der Waals surface area contributed by atoms with Gasteiger partial charge in [-0.05, 0) is 94.7 Å². The van der Waals surface area contributed by atoms with Crippen LogP contribution >= 0.6 is 0 Å².